The van der Waals surface area contributed by atoms with E-state index in [1.54, 1.807) is 4.68 Å². The molecule has 3 aromatic rings. The van der Waals surface area contributed by atoms with Crippen molar-refractivity contribution in [2.75, 3.05) is 0 Å². The minimum Gasteiger partial charge on any atom is -0.406 e. The molecular weight excluding hydrogens is 371 g/mol. The Morgan fingerprint density at radius 1 is 1.07 bits per heavy atom. The van der Waals surface area contributed by atoms with E-state index in [1.165, 1.54) is 12.1 Å². The first-order valence-electron chi connectivity index (χ1n) is 8.49. The number of carbonyl (C=O) groups excluding carboxylic acids is 1. The number of aromatic nitrogens is 2. The SMILES string of the molecule is Cc1nn(-c2ccccc2)c(C)c1CNC(=O)c1ccc(OC(F)(F)F)cc1. The van der Waals surface area contributed by atoms with Gasteiger partial charge in [0.05, 0.1) is 11.4 Å². The Balaban J connectivity index is 1.69. The largest absolute Gasteiger partial charge is 0.573 e. The summed E-state index contributed by atoms with van der Waals surface area (Å²) < 4.78 is 42.2. The van der Waals surface area contributed by atoms with Crippen molar-refractivity contribution in [3.8, 4) is 11.4 Å². The third-order valence-corrected chi connectivity index (χ3v) is 4.22. The van der Waals surface area contributed by atoms with Crippen molar-refractivity contribution in [3.05, 3.63) is 77.1 Å². The van der Waals surface area contributed by atoms with Gasteiger partial charge in [-0.2, -0.15) is 5.10 Å². The van der Waals surface area contributed by atoms with Gasteiger partial charge in [-0.15, -0.1) is 13.2 Å². The van der Waals surface area contributed by atoms with Crippen LogP contribution in [-0.2, 0) is 6.54 Å². The minimum atomic E-state index is -4.77. The van der Waals surface area contributed by atoms with E-state index in [0.29, 0.717) is 0 Å². The third-order valence-electron chi connectivity index (χ3n) is 4.22. The van der Waals surface area contributed by atoms with Crippen LogP contribution in [0.15, 0.2) is 54.6 Å². The first-order chi connectivity index (χ1) is 13.2. The molecule has 28 heavy (non-hydrogen) atoms. The van der Waals surface area contributed by atoms with Crippen molar-refractivity contribution in [2.24, 2.45) is 0 Å². The molecule has 0 bridgehead atoms. The van der Waals surface area contributed by atoms with Gasteiger partial charge < -0.3 is 10.1 Å². The lowest BCUT2D eigenvalue weighted by Gasteiger charge is -2.10. The zero-order chi connectivity index (χ0) is 20.3. The lowest BCUT2D eigenvalue weighted by molar-refractivity contribution is -0.274. The van der Waals surface area contributed by atoms with Crippen LogP contribution >= 0.6 is 0 Å². The number of nitrogens with zero attached hydrogens (tertiary/aromatic N) is 2. The molecule has 0 saturated heterocycles. The van der Waals surface area contributed by atoms with Gasteiger partial charge >= 0.3 is 6.36 Å². The van der Waals surface area contributed by atoms with Gasteiger partial charge in [0.25, 0.3) is 5.91 Å². The van der Waals surface area contributed by atoms with Crippen LogP contribution in [0.25, 0.3) is 5.69 Å². The molecule has 0 aliphatic heterocycles. The number of aryl methyl sites for hydroxylation is 1. The van der Waals surface area contributed by atoms with Gasteiger partial charge in [-0.3, -0.25) is 4.79 Å². The maximum Gasteiger partial charge on any atom is 0.573 e. The Morgan fingerprint density at radius 2 is 1.71 bits per heavy atom. The molecule has 146 valence electrons. The second-order valence-corrected chi connectivity index (χ2v) is 6.15. The number of hydrogen-bond donors (Lipinski definition) is 1. The molecule has 3 rings (SSSR count). The van der Waals surface area contributed by atoms with Crippen LogP contribution in [0.3, 0.4) is 0 Å². The fraction of sp³-hybridized carbons (Fsp3) is 0.200. The molecule has 0 aliphatic rings. The van der Waals surface area contributed by atoms with Crippen LogP contribution in [0.2, 0.25) is 0 Å². The summed E-state index contributed by atoms with van der Waals surface area (Å²) in [6.45, 7) is 4.03. The van der Waals surface area contributed by atoms with Crippen molar-refractivity contribution in [2.45, 2.75) is 26.8 Å². The highest BCUT2D eigenvalue weighted by atomic mass is 19.4. The molecule has 1 N–H and O–H groups in total. The van der Waals surface area contributed by atoms with Gasteiger partial charge in [0.2, 0.25) is 0 Å². The molecule has 0 saturated carbocycles. The summed E-state index contributed by atoms with van der Waals surface area (Å²) in [6.07, 6.45) is -4.77. The second-order valence-electron chi connectivity index (χ2n) is 6.15. The molecule has 0 radical (unpaired) electrons. The third kappa shape index (κ3) is 4.51. The summed E-state index contributed by atoms with van der Waals surface area (Å²) in [4.78, 5) is 12.3. The molecule has 0 unspecified atom stereocenters. The molecule has 1 heterocycles. The predicted molar refractivity (Wildman–Crippen MR) is 97.3 cm³/mol. The van der Waals surface area contributed by atoms with E-state index in [1.807, 2.05) is 44.2 Å². The van der Waals surface area contributed by atoms with Gasteiger partial charge in [0.15, 0.2) is 0 Å². The van der Waals surface area contributed by atoms with Gasteiger partial charge in [-0.05, 0) is 50.2 Å². The molecule has 0 spiro atoms. The van der Waals surface area contributed by atoms with Gasteiger partial charge in [0.1, 0.15) is 5.75 Å². The molecule has 2 aromatic carbocycles. The maximum atomic E-state index is 12.3. The fourth-order valence-electron chi connectivity index (χ4n) is 2.83. The lowest BCUT2D eigenvalue weighted by Crippen LogP contribution is -2.23. The zero-order valence-corrected chi connectivity index (χ0v) is 15.2. The van der Waals surface area contributed by atoms with E-state index in [4.69, 9.17) is 0 Å². The average molecular weight is 389 g/mol. The lowest BCUT2D eigenvalue weighted by atomic mass is 10.1. The fourth-order valence-corrected chi connectivity index (χ4v) is 2.83. The van der Waals surface area contributed by atoms with E-state index in [9.17, 15) is 18.0 Å². The van der Waals surface area contributed by atoms with Crippen molar-refractivity contribution in [3.63, 3.8) is 0 Å². The number of amides is 1. The zero-order valence-electron chi connectivity index (χ0n) is 15.2. The Morgan fingerprint density at radius 3 is 2.32 bits per heavy atom. The maximum absolute atomic E-state index is 12.3. The highest BCUT2D eigenvalue weighted by molar-refractivity contribution is 5.94. The van der Waals surface area contributed by atoms with Crippen molar-refractivity contribution < 1.29 is 22.7 Å². The molecule has 0 atom stereocenters. The predicted octanol–water partition coefficient (Wildman–Crippen LogP) is 4.32. The smallest absolute Gasteiger partial charge is 0.406 e. The first kappa shape index (κ1) is 19.5. The van der Waals surface area contributed by atoms with Gasteiger partial charge in [-0.1, -0.05) is 18.2 Å². The van der Waals surface area contributed by atoms with Crippen LogP contribution in [-0.4, -0.2) is 22.1 Å². The Bertz CT molecular complexity index is 965. The quantitative estimate of drug-likeness (QED) is 0.707. The van der Waals surface area contributed by atoms with Crippen LogP contribution in [0.5, 0.6) is 5.75 Å². The summed E-state index contributed by atoms with van der Waals surface area (Å²) >= 11 is 0. The number of carbonyl (C=O) groups is 1. The van der Waals surface area contributed by atoms with E-state index in [2.05, 4.69) is 15.2 Å². The molecule has 5 nitrogen and oxygen atoms in total. The van der Waals surface area contributed by atoms with Gasteiger partial charge in [0, 0.05) is 23.4 Å². The monoisotopic (exact) mass is 389 g/mol. The highest BCUT2D eigenvalue weighted by Gasteiger charge is 2.31. The Kier molecular flexibility index (Phi) is 5.39. The number of alkyl halides is 3. The van der Waals surface area contributed by atoms with Crippen LogP contribution in [0.4, 0.5) is 13.2 Å². The Hall–Kier alpha value is -3.29. The van der Waals surface area contributed by atoms with Crippen molar-refractivity contribution >= 4 is 5.91 Å². The standard InChI is InChI=1S/C20H18F3N3O2/c1-13-18(14(2)26(25-13)16-6-4-3-5-7-16)12-24-19(27)15-8-10-17(11-9-15)28-20(21,22)23/h3-11H,12H2,1-2H3,(H,24,27). The van der Waals surface area contributed by atoms with Crippen LogP contribution < -0.4 is 10.1 Å². The summed E-state index contributed by atoms with van der Waals surface area (Å²) in [7, 11) is 0. The van der Waals surface area contributed by atoms with Crippen molar-refractivity contribution in [1.82, 2.24) is 15.1 Å². The molecule has 1 aromatic heterocycles. The molecule has 0 fully saturated rings. The molecular formula is C20H18F3N3O2. The van der Waals surface area contributed by atoms with Crippen LogP contribution in [0, 0.1) is 13.8 Å². The van der Waals surface area contributed by atoms with E-state index < -0.39 is 12.3 Å². The number of rotatable bonds is 5. The normalized spacial score (nSPS) is 11.3. The summed E-state index contributed by atoms with van der Waals surface area (Å²) in [5.41, 5.74) is 3.73. The minimum absolute atomic E-state index is 0.236. The molecule has 8 heteroatoms. The average Bonchev–Trinajstić information content (AvgIpc) is 2.94. The molecule has 0 aliphatic carbocycles. The highest BCUT2D eigenvalue weighted by Crippen LogP contribution is 2.23. The number of nitrogens with one attached hydrogen (secondary N) is 1. The van der Waals surface area contributed by atoms with Gasteiger partial charge in [-0.25, -0.2) is 4.68 Å². The Labute approximate surface area is 159 Å². The van der Waals surface area contributed by atoms with E-state index >= 15 is 0 Å². The second kappa shape index (κ2) is 7.75. The number of hydrogen-bond acceptors (Lipinski definition) is 3. The molecule has 1 amide bonds. The van der Waals surface area contributed by atoms with Crippen molar-refractivity contribution in [1.29, 1.82) is 0 Å². The van der Waals surface area contributed by atoms with E-state index in [-0.39, 0.29) is 17.9 Å². The summed E-state index contributed by atoms with van der Waals surface area (Å²) in [5.74, 6) is -0.773. The first-order valence-corrected chi connectivity index (χ1v) is 8.49. The number of benzene rings is 2. The number of ether oxygens (including phenoxy) is 1. The number of halogens is 3. The summed E-state index contributed by atoms with van der Waals surface area (Å²) in [6, 6.07) is 14.4. The van der Waals surface area contributed by atoms with E-state index in [0.717, 1.165) is 34.8 Å². The van der Waals surface area contributed by atoms with Crippen LogP contribution in [0.1, 0.15) is 27.3 Å². The topological polar surface area (TPSA) is 56.2 Å². The summed E-state index contributed by atoms with van der Waals surface area (Å²) in [5, 5.41) is 7.29. The number of para-hydroxylation sites is 1.